The van der Waals surface area contributed by atoms with Crippen LogP contribution in [0, 0.1) is 0 Å². The zero-order valence-corrected chi connectivity index (χ0v) is 14.8. The summed E-state index contributed by atoms with van der Waals surface area (Å²) in [6.07, 6.45) is 4.14. The van der Waals surface area contributed by atoms with Gasteiger partial charge >= 0.3 is 6.03 Å². The van der Waals surface area contributed by atoms with Crippen LogP contribution in [0.2, 0.25) is 0 Å². The summed E-state index contributed by atoms with van der Waals surface area (Å²) in [5.74, 6) is -0.512. The van der Waals surface area contributed by atoms with E-state index in [2.05, 4.69) is 0 Å². The molecule has 0 radical (unpaired) electrons. The molecule has 1 aromatic rings. The fraction of sp³-hybridized carbons (Fsp3) is 0.529. The SMILES string of the molecule is CS(=O)(=O)C1(c2ccc(N3C(=O)N4CCC[C@@H]4C3C(N)=O)cc2)CC1. The normalized spacial score (nSPS) is 27.5. The number of hydrogen-bond acceptors (Lipinski definition) is 4. The van der Waals surface area contributed by atoms with E-state index in [1.165, 1.54) is 11.2 Å². The molecule has 0 aromatic heterocycles. The van der Waals surface area contributed by atoms with E-state index in [1.54, 1.807) is 29.2 Å². The van der Waals surface area contributed by atoms with Gasteiger partial charge in [0.1, 0.15) is 6.04 Å². The van der Waals surface area contributed by atoms with Crippen molar-refractivity contribution in [2.45, 2.75) is 42.5 Å². The Morgan fingerprint density at radius 3 is 2.40 bits per heavy atom. The van der Waals surface area contributed by atoms with Crippen molar-refractivity contribution in [3.63, 3.8) is 0 Å². The molecule has 2 saturated heterocycles. The minimum Gasteiger partial charge on any atom is -0.368 e. The number of fused-ring (bicyclic) bond motifs is 1. The van der Waals surface area contributed by atoms with Crippen LogP contribution in [0.1, 0.15) is 31.2 Å². The number of hydrogen-bond donors (Lipinski definition) is 1. The predicted octanol–water partition coefficient (Wildman–Crippen LogP) is 0.979. The Bertz CT molecular complexity index is 845. The maximum absolute atomic E-state index is 12.7. The quantitative estimate of drug-likeness (QED) is 0.861. The molecular weight excluding hydrogens is 342 g/mol. The van der Waals surface area contributed by atoms with Gasteiger partial charge < -0.3 is 10.6 Å². The molecule has 2 aliphatic heterocycles. The molecule has 0 bridgehead atoms. The number of urea groups is 1. The molecule has 3 fully saturated rings. The van der Waals surface area contributed by atoms with Gasteiger partial charge in [-0.05, 0) is 43.4 Å². The Hall–Kier alpha value is -2.09. The smallest absolute Gasteiger partial charge is 0.325 e. The van der Waals surface area contributed by atoms with Crippen molar-refractivity contribution >= 4 is 27.5 Å². The highest BCUT2D eigenvalue weighted by molar-refractivity contribution is 7.92. The van der Waals surface area contributed by atoms with E-state index in [0.717, 1.165) is 18.4 Å². The molecule has 3 aliphatic rings. The van der Waals surface area contributed by atoms with Gasteiger partial charge in [0.25, 0.3) is 0 Å². The van der Waals surface area contributed by atoms with Crippen molar-refractivity contribution in [2.24, 2.45) is 5.73 Å². The molecule has 1 saturated carbocycles. The van der Waals surface area contributed by atoms with Gasteiger partial charge in [0.15, 0.2) is 9.84 Å². The number of nitrogens with two attached hydrogens (primary N) is 1. The van der Waals surface area contributed by atoms with Gasteiger partial charge in [0, 0.05) is 18.5 Å². The van der Waals surface area contributed by atoms with Gasteiger partial charge in [-0.15, -0.1) is 0 Å². The molecule has 3 amide bonds. The molecule has 2 heterocycles. The molecule has 2 atom stereocenters. The van der Waals surface area contributed by atoms with Crippen LogP contribution in [-0.2, 0) is 19.4 Å². The lowest BCUT2D eigenvalue weighted by Gasteiger charge is -2.24. The van der Waals surface area contributed by atoms with E-state index in [9.17, 15) is 18.0 Å². The van der Waals surface area contributed by atoms with Crippen LogP contribution in [-0.4, -0.2) is 50.1 Å². The van der Waals surface area contributed by atoms with Crippen molar-refractivity contribution in [3.8, 4) is 0 Å². The van der Waals surface area contributed by atoms with Crippen LogP contribution < -0.4 is 10.6 Å². The number of carbonyl (C=O) groups is 2. The van der Waals surface area contributed by atoms with Crippen LogP contribution in [0.3, 0.4) is 0 Å². The summed E-state index contributed by atoms with van der Waals surface area (Å²) in [5, 5.41) is 0. The second-order valence-corrected chi connectivity index (χ2v) is 9.54. The lowest BCUT2D eigenvalue weighted by atomic mass is 10.0. The van der Waals surface area contributed by atoms with E-state index in [0.29, 0.717) is 25.1 Å². The lowest BCUT2D eigenvalue weighted by Crippen LogP contribution is -2.46. The average Bonchev–Trinajstić information content (AvgIpc) is 3.15. The fourth-order valence-electron chi connectivity index (χ4n) is 4.29. The van der Waals surface area contributed by atoms with Crippen LogP contribution in [0.15, 0.2) is 24.3 Å². The topological polar surface area (TPSA) is 101 Å². The van der Waals surface area contributed by atoms with Crippen molar-refractivity contribution in [2.75, 3.05) is 17.7 Å². The van der Waals surface area contributed by atoms with E-state index in [-0.39, 0.29) is 12.1 Å². The van der Waals surface area contributed by atoms with Crippen LogP contribution in [0.4, 0.5) is 10.5 Å². The number of carbonyl (C=O) groups excluding carboxylic acids is 2. The van der Waals surface area contributed by atoms with E-state index >= 15 is 0 Å². The predicted molar refractivity (Wildman–Crippen MR) is 92.8 cm³/mol. The Labute approximate surface area is 146 Å². The van der Waals surface area contributed by atoms with Crippen molar-refractivity contribution in [1.82, 2.24) is 4.90 Å². The first-order chi connectivity index (χ1) is 11.8. The maximum atomic E-state index is 12.7. The minimum absolute atomic E-state index is 0.171. The highest BCUT2D eigenvalue weighted by Gasteiger charge is 2.54. The van der Waals surface area contributed by atoms with Gasteiger partial charge in [0.2, 0.25) is 5.91 Å². The first-order valence-corrected chi connectivity index (χ1v) is 10.3. The van der Waals surface area contributed by atoms with Gasteiger partial charge in [-0.3, -0.25) is 9.69 Å². The summed E-state index contributed by atoms with van der Waals surface area (Å²) in [7, 11) is -3.19. The maximum Gasteiger partial charge on any atom is 0.325 e. The highest BCUT2D eigenvalue weighted by Crippen LogP contribution is 2.52. The summed E-state index contributed by atoms with van der Waals surface area (Å²) >= 11 is 0. The molecule has 134 valence electrons. The van der Waals surface area contributed by atoms with E-state index in [4.69, 9.17) is 5.73 Å². The second kappa shape index (κ2) is 5.20. The summed E-state index contributed by atoms with van der Waals surface area (Å²) in [5.41, 5.74) is 6.89. The molecule has 1 unspecified atom stereocenters. The summed E-state index contributed by atoms with van der Waals surface area (Å²) in [6, 6.07) is 5.88. The summed E-state index contributed by atoms with van der Waals surface area (Å²) < 4.78 is 23.3. The van der Waals surface area contributed by atoms with Crippen molar-refractivity contribution in [1.29, 1.82) is 0 Å². The van der Waals surface area contributed by atoms with Gasteiger partial charge in [-0.1, -0.05) is 12.1 Å². The third-order valence-corrected chi connectivity index (χ3v) is 7.83. The number of nitrogens with zero attached hydrogens (tertiary/aromatic N) is 2. The summed E-state index contributed by atoms with van der Waals surface area (Å²) in [6.45, 7) is 0.638. The first kappa shape index (κ1) is 16.4. The van der Waals surface area contributed by atoms with Crippen molar-refractivity contribution < 1.29 is 18.0 Å². The van der Waals surface area contributed by atoms with Crippen LogP contribution in [0.5, 0.6) is 0 Å². The van der Waals surface area contributed by atoms with Crippen molar-refractivity contribution in [3.05, 3.63) is 29.8 Å². The van der Waals surface area contributed by atoms with Gasteiger partial charge in [0.05, 0.1) is 10.8 Å². The Kier molecular flexibility index (Phi) is 3.41. The third kappa shape index (κ3) is 2.27. The second-order valence-electron chi connectivity index (χ2n) is 7.22. The average molecular weight is 363 g/mol. The molecule has 25 heavy (non-hydrogen) atoms. The largest absolute Gasteiger partial charge is 0.368 e. The van der Waals surface area contributed by atoms with Crippen LogP contribution >= 0.6 is 0 Å². The van der Waals surface area contributed by atoms with E-state index in [1.807, 2.05) is 0 Å². The Balaban J connectivity index is 1.68. The number of benzene rings is 1. The molecule has 7 nitrogen and oxygen atoms in total. The number of rotatable bonds is 4. The molecule has 1 aliphatic carbocycles. The molecule has 2 N–H and O–H groups in total. The zero-order chi connectivity index (χ0) is 18.0. The lowest BCUT2D eigenvalue weighted by molar-refractivity contribution is -0.119. The Morgan fingerprint density at radius 2 is 1.88 bits per heavy atom. The molecular formula is C17H21N3O4S. The minimum atomic E-state index is -3.19. The number of sulfone groups is 1. The number of anilines is 1. The highest BCUT2D eigenvalue weighted by atomic mass is 32.2. The number of primary amides is 1. The third-order valence-electron chi connectivity index (χ3n) is 5.77. The molecule has 8 heteroatoms. The summed E-state index contributed by atoms with van der Waals surface area (Å²) in [4.78, 5) is 27.8. The zero-order valence-electron chi connectivity index (χ0n) is 14.0. The number of amides is 3. The standard InChI is InChI=1S/C17H21N3O4S/c1-25(23,24)17(8-9-17)11-4-6-12(7-5-11)20-14(15(18)21)13-3-2-10-19(13)16(20)22/h4-7,13-14H,2-3,8-10H2,1H3,(H2,18,21)/t13-,14?/m1/s1. The molecule has 4 rings (SSSR count). The van der Waals surface area contributed by atoms with E-state index < -0.39 is 26.5 Å². The van der Waals surface area contributed by atoms with Gasteiger partial charge in [-0.25, -0.2) is 13.2 Å². The fourth-order valence-corrected chi connectivity index (χ4v) is 5.70. The van der Waals surface area contributed by atoms with Crippen LogP contribution in [0.25, 0.3) is 0 Å². The molecule has 1 aromatic carbocycles. The van der Waals surface area contributed by atoms with Gasteiger partial charge in [-0.2, -0.15) is 0 Å². The molecule has 0 spiro atoms. The first-order valence-electron chi connectivity index (χ1n) is 8.45. The monoisotopic (exact) mass is 363 g/mol. The Morgan fingerprint density at radius 1 is 1.24 bits per heavy atom.